The van der Waals surface area contributed by atoms with Crippen LogP contribution in [0, 0.1) is 0 Å². The molecule has 0 saturated carbocycles. The molecule has 0 aliphatic carbocycles. The SMILES string of the molecule is CCOC(=O)c1c(SCC(=O)OC(C)C)nc2ccccc2c1OC. The molecule has 0 atom stereocenters. The molecule has 0 unspecified atom stereocenters. The van der Waals surface area contributed by atoms with Gasteiger partial charge in [-0.25, -0.2) is 9.78 Å². The number of thioether (sulfide) groups is 1. The Bertz CT molecular complexity index is 775. The van der Waals surface area contributed by atoms with Crippen molar-refractivity contribution in [2.24, 2.45) is 0 Å². The predicted molar refractivity (Wildman–Crippen MR) is 96.2 cm³/mol. The number of fused-ring (bicyclic) bond motifs is 1. The van der Waals surface area contributed by atoms with Gasteiger partial charge in [-0.1, -0.05) is 23.9 Å². The molecule has 0 saturated heterocycles. The Hall–Kier alpha value is -2.28. The number of pyridine rings is 1. The zero-order valence-corrected chi connectivity index (χ0v) is 15.5. The van der Waals surface area contributed by atoms with E-state index in [0.717, 1.165) is 11.8 Å². The van der Waals surface area contributed by atoms with Gasteiger partial charge in [-0.2, -0.15) is 0 Å². The molecule has 0 N–H and O–H groups in total. The molecule has 1 heterocycles. The first-order valence-corrected chi connectivity index (χ1v) is 8.92. The molecule has 0 amide bonds. The zero-order valence-electron chi connectivity index (χ0n) is 14.7. The van der Waals surface area contributed by atoms with E-state index in [2.05, 4.69) is 4.98 Å². The smallest absolute Gasteiger partial charge is 0.344 e. The first-order valence-electron chi connectivity index (χ1n) is 7.94. The van der Waals surface area contributed by atoms with Gasteiger partial charge < -0.3 is 14.2 Å². The number of para-hydroxylation sites is 1. The molecule has 0 aliphatic rings. The monoisotopic (exact) mass is 363 g/mol. The van der Waals surface area contributed by atoms with Crippen LogP contribution < -0.4 is 4.74 Å². The second-order valence-electron chi connectivity index (χ2n) is 5.39. The molecule has 7 heteroatoms. The maximum atomic E-state index is 12.4. The van der Waals surface area contributed by atoms with Crippen molar-refractivity contribution in [3.05, 3.63) is 29.8 Å². The number of hydrogen-bond donors (Lipinski definition) is 0. The van der Waals surface area contributed by atoms with Crippen molar-refractivity contribution in [2.75, 3.05) is 19.5 Å². The van der Waals surface area contributed by atoms with Crippen LogP contribution in [-0.2, 0) is 14.3 Å². The minimum atomic E-state index is -0.530. The number of nitrogens with zero attached hydrogens (tertiary/aromatic N) is 1. The van der Waals surface area contributed by atoms with Crippen LogP contribution in [-0.4, -0.2) is 42.5 Å². The van der Waals surface area contributed by atoms with Gasteiger partial charge in [-0.15, -0.1) is 0 Å². The highest BCUT2D eigenvalue weighted by molar-refractivity contribution is 8.00. The summed E-state index contributed by atoms with van der Waals surface area (Å²) in [5.74, 6) is -0.469. The van der Waals surface area contributed by atoms with E-state index in [1.807, 2.05) is 24.3 Å². The summed E-state index contributed by atoms with van der Waals surface area (Å²) in [6, 6.07) is 7.34. The van der Waals surface area contributed by atoms with Crippen LogP contribution in [0.25, 0.3) is 10.9 Å². The van der Waals surface area contributed by atoms with Crippen LogP contribution in [0.1, 0.15) is 31.1 Å². The van der Waals surface area contributed by atoms with Gasteiger partial charge in [-0.05, 0) is 32.9 Å². The Labute approximate surface area is 150 Å². The molecule has 0 aliphatic heterocycles. The average Bonchev–Trinajstić information content (AvgIpc) is 2.58. The topological polar surface area (TPSA) is 74.7 Å². The predicted octanol–water partition coefficient (Wildman–Crippen LogP) is 3.46. The van der Waals surface area contributed by atoms with Crippen LogP contribution in [0.4, 0.5) is 0 Å². The van der Waals surface area contributed by atoms with E-state index < -0.39 is 5.97 Å². The van der Waals surface area contributed by atoms with Crippen molar-refractivity contribution in [2.45, 2.75) is 31.9 Å². The van der Waals surface area contributed by atoms with Gasteiger partial charge in [0.15, 0.2) is 0 Å². The fourth-order valence-corrected chi connectivity index (χ4v) is 3.09. The Morgan fingerprint density at radius 2 is 1.96 bits per heavy atom. The summed E-state index contributed by atoms with van der Waals surface area (Å²) in [5.41, 5.74) is 0.900. The minimum Gasteiger partial charge on any atom is -0.495 e. The fraction of sp³-hybridized carbons (Fsp3) is 0.389. The van der Waals surface area contributed by atoms with E-state index >= 15 is 0 Å². The van der Waals surface area contributed by atoms with Crippen LogP contribution in [0.15, 0.2) is 29.3 Å². The van der Waals surface area contributed by atoms with Gasteiger partial charge in [0.05, 0.1) is 31.1 Å². The molecular formula is C18H21NO5S. The number of aromatic nitrogens is 1. The number of hydrogen-bond acceptors (Lipinski definition) is 7. The summed E-state index contributed by atoms with van der Waals surface area (Å²) in [6.45, 7) is 5.52. The second kappa shape index (κ2) is 8.71. The van der Waals surface area contributed by atoms with Crippen molar-refractivity contribution < 1.29 is 23.8 Å². The average molecular weight is 363 g/mol. The Morgan fingerprint density at radius 3 is 2.60 bits per heavy atom. The molecule has 1 aromatic carbocycles. The van der Waals surface area contributed by atoms with E-state index in [4.69, 9.17) is 14.2 Å². The van der Waals surface area contributed by atoms with Crippen LogP contribution >= 0.6 is 11.8 Å². The third kappa shape index (κ3) is 4.63. The van der Waals surface area contributed by atoms with Crippen molar-refractivity contribution in [3.63, 3.8) is 0 Å². The molecule has 0 fully saturated rings. The van der Waals surface area contributed by atoms with E-state index in [1.165, 1.54) is 7.11 Å². The first kappa shape index (κ1) is 19.1. The number of rotatable bonds is 7. The molecule has 2 aromatic rings. The Kier molecular flexibility index (Phi) is 6.64. The quantitative estimate of drug-likeness (QED) is 0.551. The number of esters is 2. The van der Waals surface area contributed by atoms with Gasteiger partial charge >= 0.3 is 11.9 Å². The van der Waals surface area contributed by atoms with E-state index in [9.17, 15) is 9.59 Å². The van der Waals surface area contributed by atoms with E-state index in [1.54, 1.807) is 20.8 Å². The lowest BCUT2D eigenvalue weighted by molar-refractivity contribution is -0.144. The lowest BCUT2D eigenvalue weighted by Crippen LogP contribution is -2.15. The summed E-state index contributed by atoms with van der Waals surface area (Å²) < 4.78 is 15.7. The van der Waals surface area contributed by atoms with Gasteiger partial charge in [0.25, 0.3) is 0 Å². The molecule has 0 bridgehead atoms. The Balaban J connectivity index is 2.46. The number of benzene rings is 1. The van der Waals surface area contributed by atoms with Crippen LogP contribution in [0.3, 0.4) is 0 Å². The van der Waals surface area contributed by atoms with Gasteiger partial charge in [-0.3, -0.25) is 4.79 Å². The van der Waals surface area contributed by atoms with Crippen molar-refractivity contribution in [3.8, 4) is 5.75 Å². The number of carbonyl (C=O) groups excluding carboxylic acids is 2. The molecule has 25 heavy (non-hydrogen) atoms. The third-order valence-corrected chi connectivity index (χ3v) is 4.14. The van der Waals surface area contributed by atoms with Crippen molar-refractivity contribution in [1.29, 1.82) is 0 Å². The van der Waals surface area contributed by atoms with Crippen molar-refractivity contribution in [1.82, 2.24) is 4.98 Å². The van der Waals surface area contributed by atoms with Gasteiger partial charge in [0.2, 0.25) is 0 Å². The highest BCUT2D eigenvalue weighted by atomic mass is 32.2. The molecule has 0 spiro atoms. The summed E-state index contributed by atoms with van der Waals surface area (Å²) in [4.78, 5) is 28.8. The maximum absolute atomic E-state index is 12.4. The fourth-order valence-electron chi connectivity index (χ4n) is 2.28. The summed E-state index contributed by atoms with van der Waals surface area (Å²) in [5, 5.41) is 1.09. The van der Waals surface area contributed by atoms with Crippen LogP contribution in [0.5, 0.6) is 5.75 Å². The standard InChI is InChI=1S/C18H21NO5S/c1-5-23-18(21)15-16(22-4)12-8-6-7-9-13(12)19-17(15)25-10-14(20)24-11(2)3/h6-9,11H,5,10H2,1-4H3. The summed E-state index contributed by atoms with van der Waals surface area (Å²) in [6.07, 6.45) is -0.197. The highest BCUT2D eigenvalue weighted by Gasteiger charge is 2.24. The maximum Gasteiger partial charge on any atom is 0.344 e. The summed E-state index contributed by atoms with van der Waals surface area (Å²) in [7, 11) is 1.49. The number of ether oxygens (including phenoxy) is 3. The second-order valence-corrected chi connectivity index (χ2v) is 6.35. The van der Waals surface area contributed by atoms with Gasteiger partial charge in [0.1, 0.15) is 16.3 Å². The van der Waals surface area contributed by atoms with E-state index in [-0.39, 0.29) is 30.0 Å². The zero-order chi connectivity index (χ0) is 18.4. The lowest BCUT2D eigenvalue weighted by Gasteiger charge is -2.15. The molecule has 134 valence electrons. The Morgan fingerprint density at radius 1 is 1.24 bits per heavy atom. The third-order valence-electron chi connectivity index (χ3n) is 3.19. The lowest BCUT2D eigenvalue weighted by atomic mass is 10.1. The molecule has 1 aromatic heterocycles. The van der Waals surface area contributed by atoms with E-state index in [0.29, 0.717) is 21.7 Å². The van der Waals surface area contributed by atoms with Crippen LogP contribution in [0.2, 0.25) is 0 Å². The molecule has 2 rings (SSSR count). The number of methoxy groups -OCH3 is 1. The minimum absolute atomic E-state index is 0.0408. The molecule has 6 nitrogen and oxygen atoms in total. The first-order chi connectivity index (χ1) is 12.0. The summed E-state index contributed by atoms with van der Waals surface area (Å²) >= 11 is 1.13. The highest BCUT2D eigenvalue weighted by Crippen LogP contribution is 2.35. The largest absolute Gasteiger partial charge is 0.495 e. The van der Waals surface area contributed by atoms with Gasteiger partial charge in [0, 0.05) is 5.39 Å². The molecular weight excluding hydrogens is 342 g/mol. The molecule has 0 radical (unpaired) electrons. The number of carbonyl (C=O) groups is 2. The van der Waals surface area contributed by atoms with Crippen molar-refractivity contribution >= 4 is 34.6 Å². The normalized spacial score (nSPS) is 10.8.